The van der Waals surface area contributed by atoms with Crippen molar-refractivity contribution in [1.82, 2.24) is 20.4 Å². The van der Waals surface area contributed by atoms with Gasteiger partial charge in [0.2, 0.25) is 0 Å². The molecule has 6 heteroatoms. The Morgan fingerprint density at radius 1 is 1.53 bits per heavy atom. The quantitative estimate of drug-likeness (QED) is 0.663. The molecule has 4 heterocycles. The van der Waals surface area contributed by atoms with Crippen molar-refractivity contribution in [1.29, 1.82) is 0 Å². The Kier molecular flexibility index (Phi) is 2.51. The zero-order chi connectivity index (χ0) is 11.8. The fourth-order valence-electron chi connectivity index (χ4n) is 2.85. The average Bonchev–Trinajstić information content (AvgIpc) is 2.77. The number of nitrogen functional groups attached to an aromatic ring is 1. The molecule has 0 aliphatic carbocycles. The molecule has 0 radical (unpaired) electrons. The highest BCUT2D eigenvalue weighted by Gasteiger charge is 2.35. The lowest BCUT2D eigenvalue weighted by atomic mass is 9.84. The van der Waals surface area contributed by atoms with Gasteiger partial charge in [0.15, 0.2) is 0 Å². The second-order valence-corrected chi connectivity index (χ2v) is 4.92. The minimum absolute atomic E-state index is 0.140. The lowest BCUT2D eigenvalue weighted by Gasteiger charge is -2.44. The first-order valence-corrected chi connectivity index (χ1v) is 6.06. The van der Waals surface area contributed by atoms with Gasteiger partial charge in [-0.15, -0.1) is 0 Å². The number of carbonyl (C=O) groups is 1. The van der Waals surface area contributed by atoms with Crippen LogP contribution >= 0.6 is 0 Å². The molecule has 0 spiro atoms. The van der Waals surface area contributed by atoms with Crippen molar-refractivity contribution in [3.63, 3.8) is 0 Å². The number of amides is 1. The molecule has 1 atom stereocenters. The first-order valence-electron chi connectivity index (χ1n) is 6.06. The summed E-state index contributed by atoms with van der Waals surface area (Å²) in [4.78, 5) is 14.4. The van der Waals surface area contributed by atoms with E-state index in [9.17, 15) is 4.79 Å². The van der Waals surface area contributed by atoms with Crippen LogP contribution in [-0.4, -0.2) is 46.7 Å². The fraction of sp³-hybridized carbons (Fsp3) is 0.636. The summed E-state index contributed by atoms with van der Waals surface area (Å²) < 4.78 is 0. The van der Waals surface area contributed by atoms with Crippen molar-refractivity contribution in [3.8, 4) is 0 Å². The number of aromatic amines is 1. The van der Waals surface area contributed by atoms with Crippen LogP contribution in [0.2, 0.25) is 0 Å². The maximum atomic E-state index is 12.0. The van der Waals surface area contributed by atoms with Gasteiger partial charge in [-0.2, -0.15) is 5.10 Å². The number of nitrogens with one attached hydrogen (secondary N) is 2. The third-order valence-electron chi connectivity index (χ3n) is 3.87. The van der Waals surface area contributed by atoms with Crippen LogP contribution in [-0.2, 0) is 0 Å². The zero-order valence-corrected chi connectivity index (χ0v) is 9.65. The number of piperidine rings is 3. The number of hydrogen-bond donors (Lipinski definition) is 3. The van der Waals surface area contributed by atoms with Gasteiger partial charge in [-0.3, -0.25) is 9.89 Å². The third kappa shape index (κ3) is 1.88. The molecule has 3 aliphatic heterocycles. The van der Waals surface area contributed by atoms with Crippen molar-refractivity contribution in [3.05, 3.63) is 11.9 Å². The second kappa shape index (κ2) is 4.03. The van der Waals surface area contributed by atoms with Crippen molar-refractivity contribution in [2.24, 2.45) is 5.92 Å². The maximum Gasteiger partial charge on any atom is 0.271 e. The van der Waals surface area contributed by atoms with Gasteiger partial charge in [0, 0.05) is 12.6 Å². The molecule has 3 aliphatic rings. The number of nitrogens with zero attached hydrogens (tertiary/aromatic N) is 2. The van der Waals surface area contributed by atoms with Gasteiger partial charge in [-0.25, -0.2) is 0 Å². The van der Waals surface area contributed by atoms with Gasteiger partial charge < -0.3 is 16.0 Å². The highest BCUT2D eigenvalue weighted by atomic mass is 16.2. The Bertz CT molecular complexity index is 421. The molecule has 0 aromatic carbocycles. The summed E-state index contributed by atoms with van der Waals surface area (Å²) in [6.45, 7) is 3.30. The topological polar surface area (TPSA) is 87.0 Å². The maximum absolute atomic E-state index is 12.0. The highest BCUT2D eigenvalue weighted by molar-refractivity contribution is 5.97. The van der Waals surface area contributed by atoms with E-state index in [0.717, 1.165) is 6.54 Å². The summed E-state index contributed by atoms with van der Waals surface area (Å²) in [5.41, 5.74) is 6.44. The number of nitrogens with two attached hydrogens (primary N) is 1. The fourth-order valence-corrected chi connectivity index (χ4v) is 2.85. The van der Waals surface area contributed by atoms with Gasteiger partial charge in [0.1, 0.15) is 5.69 Å². The molecule has 92 valence electrons. The van der Waals surface area contributed by atoms with Crippen LogP contribution in [0.5, 0.6) is 0 Å². The SMILES string of the molecule is Nc1cn[nH]c1C(=O)NC1CN2CCC1CC2. The molecule has 1 aromatic heterocycles. The number of H-pyrrole nitrogens is 1. The summed E-state index contributed by atoms with van der Waals surface area (Å²) in [7, 11) is 0. The summed E-state index contributed by atoms with van der Waals surface area (Å²) >= 11 is 0. The molecule has 4 N–H and O–H groups in total. The first kappa shape index (κ1) is 10.6. The molecule has 1 aromatic rings. The van der Waals surface area contributed by atoms with E-state index in [-0.39, 0.29) is 11.9 Å². The summed E-state index contributed by atoms with van der Waals surface area (Å²) in [5.74, 6) is 0.479. The Hall–Kier alpha value is -1.56. The molecule has 3 saturated heterocycles. The Morgan fingerprint density at radius 2 is 2.29 bits per heavy atom. The smallest absolute Gasteiger partial charge is 0.271 e. The van der Waals surface area contributed by atoms with Crippen LogP contribution in [0.15, 0.2) is 6.20 Å². The van der Waals surface area contributed by atoms with Gasteiger partial charge in [0.25, 0.3) is 5.91 Å². The standard InChI is InChI=1S/C11H17N5O/c12-8-5-13-15-10(8)11(17)14-9-6-16-3-1-7(9)2-4-16/h5,7,9H,1-4,6,12H2,(H,13,15)(H,14,17). The van der Waals surface area contributed by atoms with Crippen LogP contribution in [0.3, 0.4) is 0 Å². The lowest BCUT2D eigenvalue weighted by Crippen LogP contribution is -2.57. The second-order valence-electron chi connectivity index (χ2n) is 4.92. The molecule has 0 saturated carbocycles. The molecule has 17 heavy (non-hydrogen) atoms. The molecule has 1 unspecified atom stereocenters. The predicted molar refractivity (Wildman–Crippen MR) is 63.4 cm³/mol. The van der Waals surface area contributed by atoms with Crippen LogP contribution in [0.4, 0.5) is 5.69 Å². The van der Waals surface area contributed by atoms with Crippen LogP contribution in [0, 0.1) is 5.92 Å². The predicted octanol–water partition coefficient (Wildman–Crippen LogP) is -0.184. The number of hydrogen-bond acceptors (Lipinski definition) is 4. The number of anilines is 1. The van der Waals surface area contributed by atoms with Crippen molar-refractivity contribution in [2.45, 2.75) is 18.9 Å². The Balaban J connectivity index is 1.68. The minimum Gasteiger partial charge on any atom is -0.396 e. The van der Waals surface area contributed by atoms with Crippen LogP contribution in [0.25, 0.3) is 0 Å². The molecule has 1 amide bonds. The summed E-state index contributed by atoms with van der Waals surface area (Å²) in [6.07, 6.45) is 3.83. The molecular formula is C11H17N5O. The van der Waals surface area contributed by atoms with E-state index in [1.165, 1.54) is 32.1 Å². The number of fused-ring (bicyclic) bond motifs is 3. The highest BCUT2D eigenvalue weighted by Crippen LogP contribution is 2.27. The monoisotopic (exact) mass is 235 g/mol. The van der Waals surface area contributed by atoms with E-state index in [2.05, 4.69) is 20.4 Å². The van der Waals surface area contributed by atoms with E-state index in [1.54, 1.807) is 0 Å². The van der Waals surface area contributed by atoms with Gasteiger partial charge in [-0.05, 0) is 31.8 Å². The van der Waals surface area contributed by atoms with Crippen molar-refractivity contribution in [2.75, 3.05) is 25.4 Å². The Morgan fingerprint density at radius 3 is 2.82 bits per heavy atom. The molecule has 4 rings (SSSR count). The van der Waals surface area contributed by atoms with E-state index in [4.69, 9.17) is 5.73 Å². The average molecular weight is 235 g/mol. The van der Waals surface area contributed by atoms with E-state index in [1.807, 2.05) is 0 Å². The zero-order valence-electron chi connectivity index (χ0n) is 9.65. The Labute approximate surface area is 99.5 Å². The first-order chi connectivity index (χ1) is 8.24. The number of carbonyl (C=O) groups excluding carboxylic acids is 1. The minimum atomic E-state index is -0.140. The molecular weight excluding hydrogens is 218 g/mol. The third-order valence-corrected chi connectivity index (χ3v) is 3.87. The molecule has 6 nitrogen and oxygen atoms in total. The van der Waals surface area contributed by atoms with Gasteiger partial charge in [0.05, 0.1) is 11.9 Å². The normalized spacial score (nSPS) is 31.4. The summed E-state index contributed by atoms with van der Waals surface area (Å²) in [6, 6.07) is 0.257. The van der Waals surface area contributed by atoms with Gasteiger partial charge >= 0.3 is 0 Å². The van der Waals surface area contributed by atoms with Crippen LogP contribution in [0.1, 0.15) is 23.3 Å². The largest absolute Gasteiger partial charge is 0.396 e. The number of aromatic nitrogens is 2. The lowest BCUT2D eigenvalue weighted by molar-refractivity contribution is 0.0618. The number of rotatable bonds is 2. The van der Waals surface area contributed by atoms with Crippen molar-refractivity contribution >= 4 is 11.6 Å². The van der Waals surface area contributed by atoms with Crippen LogP contribution < -0.4 is 11.1 Å². The summed E-state index contributed by atoms with van der Waals surface area (Å²) in [5, 5.41) is 9.46. The van der Waals surface area contributed by atoms with Crippen molar-refractivity contribution < 1.29 is 4.79 Å². The van der Waals surface area contributed by atoms with Gasteiger partial charge in [-0.1, -0.05) is 0 Å². The molecule has 3 fully saturated rings. The van der Waals surface area contributed by atoms with E-state index in [0.29, 0.717) is 17.3 Å². The van der Waals surface area contributed by atoms with E-state index >= 15 is 0 Å². The molecule has 2 bridgehead atoms. The van der Waals surface area contributed by atoms with E-state index < -0.39 is 0 Å².